The Bertz CT molecular complexity index is 364. The zero-order chi connectivity index (χ0) is 12.8. The zero-order valence-electron chi connectivity index (χ0n) is 10.2. The second kappa shape index (κ2) is 6.35. The number of hydrogen-bond donors (Lipinski definition) is 2. The van der Waals surface area contributed by atoms with Crippen LogP contribution in [0.5, 0.6) is 0 Å². The van der Waals surface area contributed by atoms with Crippen LogP contribution in [-0.2, 0) is 11.2 Å². The monoisotopic (exact) mass is 238 g/mol. The molecule has 0 bridgehead atoms. The molecule has 2 atom stereocenters. The van der Waals surface area contributed by atoms with Crippen LogP contribution in [-0.4, -0.2) is 18.5 Å². The van der Waals surface area contributed by atoms with Crippen molar-refractivity contribution in [2.75, 3.05) is 6.54 Å². The van der Waals surface area contributed by atoms with E-state index in [1.165, 1.54) is 12.1 Å². The van der Waals surface area contributed by atoms with Crippen LogP contribution < -0.4 is 11.1 Å². The fraction of sp³-hybridized carbons (Fsp3) is 0.462. The molecule has 0 heterocycles. The highest BCUT2D eigenvalue weighted by atomic mass is 19.1. The van der Waals surface area contributed by atoms with Gasteiger partial charge in [-0.25, -0.2) is 4.39 Å². The lowest BCUT2D eigenvalue weighted by Crippen LogP contribution is -2.39. The summed E-state index contributed by atoms with van der Waals surface area (Å²) in [5.74, 6) is -0.463. The number of nitrogens with two attached hydrogens (primary N) is 1. The maximum Gasteiger partial charge on any atom is 0.224 e. The van der Waals surface area contributed by atoms with E-state index in [-0.39, 0.29) is 23.7 Å². The van der Waals surface area contributed by atoms with Gasteiger partial charge in [-0.3, -0.25) is 4.79 Å². The van der Waals surface area contributed by atoms with E-state index in [0.29, 0.717) is 13.0 Å². The highest BCUT2D eigenvalue weighted by Gasteiger charge is 2.13. The lowest BCUT2D eigenvalue weighted by atomic mass is 10.1. The molecule has 0 aliphatic heterocycles. The quantitative estimate of drug-likeness (QED) is 0.816. The molecule has 1 aromatic carbocycles. The first-order valence-corrected chi connectivity index (χ1v) is 5.77. The first-order valence-electron chi connectivity index (χ1n) is 5.77. The van der Waals surface area contributed by atoms with Gasteiger partial charge in [-0.15, -0.1) is 0 Å². The predicted molar refractivity (Wildman–Crippen MR) is 65.9 cm³/mol. The third-order valence-corrected chi connectivity index (χ3v) is 2.64. The van der Waals surface area contributed by atoms with Gasteiger partial charge in [-0.2, -0.15) is 0 Å². The lowest BCUT2D eigenvalue weighted by Gasteiger charge is -2.16. The van der Waals surface area contributed by atoms with E-state index in [2.05, 4.69) is 5.32 Å². The number of carbonyl (C=O) groups excluding carboxylic acids is 1. The van der Waals surface area contributed by atoms with E-state index in [4.69, 9.17) is 5.73 Å². The fourth-order valence-corrected chi connectivity index (χ4v) is 1.52. The second-order valence-corrected chi connectivity index (χ2v) is 4.38. The van der Waals surface area contributed by atoms with Gasteiger partial charge in [0.25, 0.3) is 0 Å². The van der Waals surface area contributed by atoms with Crippen LogP contribution >= 0.6 is 0 Å². The molecular weight excluding hydrogens is 219 g/mol. The van der Waals surface area contributed by atoms with Crippen molar-refractivity contribution in [2.45, 2.75) is 26.3 Å². The lowest BCUT2D eigenvalue weighted by molar-refractivity contribution is -0.124. The van der Waals surface area contributed by atoms with Crippen molar-refractivity contribution in [3.63, 3.8) is 0 Å². The van der Waals surface area contributed by atoms with Gasteiger partial charge in [0.05, 0.1) is 0 Å². The average Bonchev–Trinajstić information content (AvgIpc) is 2.30. The van der Waals surface area contributed by atoms with Crippen molar-refractivity contribution in [3.05, 3.63) is 35.6 Å². The van der Waals surface area contributed by atoms with Crippen molar-refractivity contribution in [3.8, 4) is 0 Å². The average molecular weight is 238 g/mol. The van der Waals surface area contributed by atoms with Gasteiger partial charge in [-0.05, 0) is 31.0 Å². The predicted octanol–water partition coefficient (Wildman–Crippen LogP) is 1.47. The van der Waals surface area contributed by atoms with Gasteiger partial charge in [-0.1, -0.05) is 19.1 Å². The molecule has 3 N–H and O–H groups in total. The zero-order valence-corrected chi connectivity index (χ0v) is 10.2. The van der Waals surface area contributed by atoms with Crippen molar-refractivity contribution in [1.29, 1.82) is 0 Å². The normalized spacial score (nSPS) is 14.1. The highest BCUT2D eigenvalue weighted by molar-refractivity contribution is 5.78. The molecule has 1 amide bonds. The maximum absolute atomic E-state index is 12.7. The number of nitrogens with one attached hydrogen (secondary N) is 1. The molecule has 4 heteroatoms. The largest absolute Gasteiger partial charge is 0.353 e. The summed E-state index contributed by atoms with van der Waals surface area (Å²) in [6.07, 6.45) is 0.684. The molecule has 0 saturated heterocycles. The minimum absolute atomic E-state index is 0.0157. The summed E-state index contributed by atoms with van der Waals surface area (Å²) < 4.78 is 12.7. The van der Waals surface area contributed by atoms with E-state index >= 15 is 0 Å². The van der Waals surface area contributed by atoms with Crippen molar-refractivity contribution >= 4 is 5.91 Å². The highest BCUT2D eigenvalue weighted by Crippen LogP contribution is 2.06. The molecule has 0 fully saturated rings. The molecule has 3 nitrogen and oxygen atoms in total. The van der Waals surface area contributed by atoms with Crippen LogP contribution in [0.1, 0.15) is 19.4 Å². The summed E-state index contributed by atoms with van der Waals surface area (Å²) in [5.41, 5.74) is 6.42. The topological polar surface area (TPSA) is 55.1 Å². The van der Waals surface area contributed by atoms with Crippen LogP contribution in [0.2, 0.25) is 0 Å². The molecule has 94 valence electrons. The molecule has 0 radical (unpaired) electrons. The standard InChI is InChI=1S/C13H19FN2O/c1-9(8-15)13(17)16-10(2)7-11-3-5-12(14)6-4-11/h3-6,9-10H,7-8,15H2,1-2H3,(H,16,17). The summed E-state index contributed by atoms with van der Waals surface area (Å²) in [4.78, 5) is 11.6. The SMILES string of the molecule is CC(Cc1ccc(F)cc1)NC(=O)C(C)CN. The van der Waals surface area contributed by atoms with Crippen molar-refractivity contribution in [2.24, 2.45) is 11.7 Å². The van der Waals surface area contributed by atoms with Gasteiger partial charge in [0, 0.05) is 18.5 Å². The van der Waals surface area contributed by atoms with Gasteiger partial charge >= 0.3 is 0 Å². The summed E-state index contributed by atoms with van der Waals surface area (Å²) in [5, 5.41) is 2.88. The molecule has 17 heavy (non-hydrogen) atoms. The Kier molecular flexibility index (Phi) is 5.10. The Morgan fingerprint density at radius 2 is 1.94 bits per heavy atom. The molecule has 1 rings (SSSR count). The van der Waals surface area contributed by atoms with Crippen molar-refractivity contribution < 1.29 is 9.18 Å². The Labute approximate surface area is 101 Å². The molecule has 0 aliphatic rings. The van der Waals surface area contributed by atoms with Crippen LogP contribution in [0, 0.1) is 11.7 Å². The number of rotatable bonds is 5. The molecule has 0 aromatic heterocycles. The van der Waals surface area contributed by atoms with Crippen LogP contribution in [0.4, 0.5) is 4.39 Å². The number of amides is 1. The van der Waals surface area contributed by atoms with Crippen LogP contribution in [0.3, 0.4) is 0 Å². The van der Waals surface area contributed by atoms with Gasteiger partial charge in [0.2, 0.25) is 5.91 Å². The molecule has 0 spiro atoms. The van der Waals surface area contributed by atoms with E-state index in [1.807, 2.05) is 6.92 Å². The summed E-state index contributed by atoms with van der Waals surface area (Å²) in [7, 11) is 0. The Morgan fingerprint density at radius 1 is 1.35 bits per heavy atom. The Morgan fingerprint density at radius 3 is 2.47 bits per heavy atom. The molecule has 2 unspecified atom stereocenters. The molecular formula is C13H19FN2O. The van der Waals surface area contributed by atoms with Gasteiger partial charge < -0.3 is 11.1 Å². The number of benzene rings is 1. The van der Waals surface area contributed by atoms with E-state index < -0.39 is 0 Å². The summed E-state index contributed by atoms with van der Waals surface area (Å²) in [6.45, 7) is 4.06. The first kappa shape index (κ1) is 13.6. The van der Waals surface area contributed by atoms with Crippen LogP contribution in [0.25, 0.3) is 0 Å². The maximum atomic E-state index is 12.7. The van der Waals surface area contributed by atoms with Crippen molar-refractivity contribution in [1.82, 2.24) is 5.32 Å². The fourth-order valence-electron chi connectivity index (χ4n) is 1.52. The minimum Gasteiger partial charge on any atom is -0.353 e. The van der Waals surface area contributed by atoms with E-state index in [9.17, 15) is 9.18 Å². The molecule has 0 saturated carbocycles. The summed E-state index contributed by atoms with van der Waals surface area (Å²) in [6, 6.07) is 6.31. The number of carbonyl (C=O) groups is 1. The van der Waals surface area contributed by atoms with Gasteiger partial charge in [0.1, 0.15) is 5.82 Å². The number of hydrogen-bond acceptors (Lipinski definition) is 2. The third kappa shape index (κ3) is 4.53. The minimum atomic E-state index is -0.248. The van der Waals surface area contributed by atoms with E-state index in [1.54, 1.807) is 19.1 Å². The van der Waals surface area contributed by atoms with Gasteiger partial charge in [0.15, 0.2) is 0 Å². The van der Waals surface area contributed by atoms with E-state index in [0.717, 1.165) is 5.56 Å². The smallest absolute Gasteiger partial charge is 0.224 e. The molecule has 0 aliphatic carbocycles. The Hall–Kier alpha value is -1.42. The van der Waals surface area contributed by atoms with Crippen LogP contribution in [0.15, 0.2) is 24.3 Å². The Balaban J connectivity index is 2.47. The summed E-state index contributed by atoms with van der Waals surface area (Å²) >= 11 is 0. The molecule has 1 aromatic rings. The number of halogens is 1. The second-order valence-electron chi connectivity index (χ2n) is 4.38. The first-order chi connectivity index (χ1) is 8.02. The third-order valence-electron chi connectivity index (χ3n) is 2.64.